The molecule has 1 unspecified atom stereocenters. The van der Waals surface area contributed by atoms with E-state index in [0.717, 1.165) is 42.5 Å². The van der Waals surface area contributed by atoms with Gasteiger partial charge in [0.1, 0.15) is 17.5 Å². The van der Waals surface area contributed by atoms with Crippen molar-refractivity contribution in [3.05, 3.63) is 80.9 Å². The van der Waals surface area contributed by atoms with Crippen LogP contribution in [-0.4, -0.2) is 91.0 Å². The Kier molecular flexibility index (Phi) is 9.61. The molecule has 2 saturated heterocycles. The van der Waals surface area contributed by atoms with Gasteiger partial charge in [-0.2, -0.15) is 4.98 Å². The van der Waals surface area contributed by atoms with Crippen molar-refractivity contribution in [1.29, 1.82) is 0 Å². The van der Waals surface area contributed by atoms with Gasteiger partial charge in [0.05, 0.1) is 17.4 Å². The van der Waals surface area contributed by atoms with Crippen LogP contribution in [0.1, 0.15) is 95.3 Å². The first-order valence-corrected chi connectivity index (χ1v) is 19.0. The standard InChI is InChI=1S/C40H43N9O6/c1-23-29-21-42-40(45-36(29)49(27-8-3-4-9-27)39(55)34(23)24(2)50)43-31-13-11-28(20-41-31)46-16-18-47(19-17-46)33(52)15-10-25-6-5-7-26-22-48(38(54)35(25)26)30-12-14-32(51)44-37(30)53/h5-7,11,13,20-21,27,30H,3-4,8-10,12,14-19,22H2,1-2H3,(H,44,51,53)(H,41,42,43,45). The summed E-state index contributed by atoms with van der Waals surface area (Å²) in [5, 5.41) is 6.19. The minimum Gasteiger partial charge on any atom is -0.367 e. The number of amides is 4. The Morgan fingerprint density at radius 3 is 2.44 bits per heavy atom. The fourth-order valence-electron chi connectivity index (χ4n) is 8.58. The number of aryl methyl sites for hydroxylation is 2. The zero-order valence-electron chi connectivity index (χ0n) is 31.0. The largest absolute Gasteiger partial charge is 0.367 e. The normalized spacial score (nSPS) is 18.9. The van der Waals surface area contributed by atoms with Gasteiger partial charge in [-0.05, 0) is 68.4 Å². The van der Waals surface area contributed by atoms with Crippen LogP contribution < -0.4 is 21.1 Å². The highest BCUT2D eigenvalue weighted by Gasteiger charge is 2.40. The van der Waals surface area contributed by atoms with Crippen molar-refractivity contribution in [3.8, 4) is 0 Å². The smallest absolute Gasteiger partial charge is 0.263 e. The highest BCUT2D eigenvalue weighted by Crippen LogP contribution is 2.33. The third-order valence-electron chi connectivity index (χ3n) is 11.5. The number of ketones is 1. The number of pyridine rings is 2. The number of piperidine rings is 1. The number of fused-ring (bicyclic) bond motifs is 2. The molecule has 1 aromatic carbocycles. The van der Waals surface area contributed by atoms with Crippen LogP contribution in [0.3, 0.4) is 0 Å². The molecule has 0 radical (unpaired) electrons. The summed E-state index contributed by atoms with van der Waals surface area (Å²) < 4.78 is 1.69. The van der Waals surface area contributed by atoms with Crippen molar-refractivity contribution in [2.75, 3.05) is 36.4 Å². The quantitative estimate of drug-likeness (QED) is 0.189. The highest BCUT2D eigenvalue weighted by molar-refractivity contribution is 6.06. The third-order valence-corrected chi connectivity index (χ3v) is 11.5. The monoisotopic (exact) mass is 745 g/mol. The number of anilines is 3. The number of Topliss-reactive ketones (excluding diaryl/α,β-unsaturated/α-hetero) is 1. The van der Waals surface area contributed by atoms with Crippen LogP contribution >= 0.6 is 0 Å². The lowest BCUT2D eigenvalue weighted by atomic mass is 9.99. The maximum Gasteiger partial charge on any atom is 0.263 e. The number of carbonyl (C=O) groups excluding carboxylic acids is 5. The predicted octanol–water partition coefficient (Wildman–Crippen LogP) is 3.60. The molecule has 8 rings (SSSR count). The lowest BCUT2D eigenvalue weighted by Crippen LogP contribution is -2.52. The maximum atomic E-state index is 13.6. The molecule has 4 amide bonds. The molecule has 3 fully saturated rings. The summed E-state index contributed by atoms with van der Waals surface area (Å²) in [5.74, 6) is -0.400. The van der Waals surface area contributed by atoms with E-state index in [1.807, 2.05) is 35.2 Å². The second kappa shape index (κ2) is 14.7. The van der Waals surface area contributed by atoms with Gasteiger partial charge < -0.3 is 20.0 Å². The van der Waals surface area contributed by atoms with Gasteiger partial charge in [0.25, 0.3) is 11.5 Å². The molecule has 0 spiro atoms. The van der Waals surface area contributed by atoms with Gasteiger partial charge in [-0.15, -0.1) is 0 Å². The number of hydrogen-bond acceptors (Lipinski definition) is 11. The van der Waals surface area contributed by atoms with E-state index in [2.05, 4.69) is 25.5 Å². The number of nitrogens with one attached hydrogen (secondary N) is 2. The Bertz CT molecular complexity index is 2290. The average molecular weight is 746 g/mol. The van der Waals surface area contributed by atoms with E-state index >= 15 is 0 Å². The van der Waals surface area contributed by atoms with Gasteiger partial charge in [-0.3, -0.25) is 38.7 Å². The van der Waals surface area contributed by atoms with Crippen molar-refractivity contribution in [2.45, 2.75) is 83.8 Å². The van der Waals surface area contributed by atoms with Crippen LogP contribution in [0, 0.1) is 6.92 Å². The minimum absolute atomic E-state index is 0.0141. The van der Waals surface area contributed by atoms with Crippen LogP contribution in [0.2, 0.25) is 0 Å². The number of nitrogens with zero attached hydrogens (tertiary/aromatic N) is 7. The van der Waals surface area contributed by atoms with Crippen molar-refractivity contribution in [3.63, 3.8) is 0 Å². The van der Waals surface area contributed by atoms with E-state index in [-0.39, 0.29) is 53.5 Å². The van der Waals surface area contributed by atoms with Crippen LogP contribution in [0.5, 0.6) is 0 Å². The van der Waals surface area contributed by atoms with Gasteiger partial charge in [0.2, 0.25) is 23.7 Å². The molecule has 284 valence electrons. The maximum absolute atomic E-state index is 13.6. The molecule has 3 aliphatic heterocycles. The number of rotatable bonds is 9. The Hall–Kier alpha value is -5.99. The first-order valence-electron chi connectivity index (χ1n) is 19.0. The summed E-state index contributed by atoms with van der Waals surface area (Å²) in [6.45, 7) is 5.86. The molecular formula is C40H43N9O6. The van der Waals surface area contributed by atoms with Gasteiger partial charge >= 0.3 is 0 Å². The molecule has 4 aromatic rings. The number of hydrogen-bond donors (Lipinski definition) is 2. The number of piperazine rings is 1. The van der Waals surface area contributed by atoms with Crippen molar-refractivity contribution >= 4 is 57.9 Å². The molecule has 3 aromatic heterocycles. The van der Waals surface area contributed by atoms with Crippen molar-refractivity contribution in [1.82, 2.24) is 34.6 Å². The SMILES string of the molecule is CC(=O)c1c(C)c2cnc(Nc3ccc(N4CCN(C(=O)CCc5cccc6c5C(=O)N(C5CCC(=O)NC5=O)C6)CC4)cn3)nc2n(C2CCCC2)c1=O. The molecule has 15 nitrogen and oxygen atoms in total. The number of benzene rings is 1. The summed E-state index contributed by atoms with van der Waals surface area (Å²) in [6, 6.07) is 8.73. The molecule has 6 heterocycles. The van der Waals surface area contributed by atoms with E-state index in [1.54, 1.807) is 23.9 Å². The summed E-state index contributed by atoms with van der Waals surface area (Å²) in [4.78, 5) is 96.3. The second-order valence-corrected chi connectivity index (χ2v) is 14.8. The molecular weight excluding hydrogens is 702 g/mol. The Balaban J connectivity index is 0.878. The van der Waals surface area contributed by atoms with Gasteiger partial charge in [0.15, 0.2) is 5.78 Å². The van der Waals surface area contributed by atoms with Gasteiger partial charge in [0, 0.05) is 68.8 Å². The summed E-state index contributed by atoms with van der Waals surface area (Å²) >= 11 is 0. The highest BCUT2D eigenvalue weighted by atomic mass is 16.2. The molecule has 55 heavy (non-hydrogen) atoms. The minimum atomic E-state index is -0.680. The van der Waals surface area contributed by atoms with Crippen molar-refractivity contribution in [2.24, 2.45) is 0 Å². The summed E-state index contributed by atoms with van der Waals surface area (Å²) in [7, 11) is 0. The fraction of sp³-hybridized carbons (Fsp3) is 0.425. The lowest BCUT2D eigenvalue weighted by molar-refractivity contribution is -0.137. The van der Waals surface area contributed by atoms with Gasteiger partial charge in [-0.1, -0.05) is 31.0 Å². The number of aromatic nitrogens is 4. The lowest BCUT2D eigenvalue weighted by Gasteiger charge is -2.36. The van der Waals surface area contributed by atoms with E-state index in [4.69, 9.17) is 4.98 Å². The molecule has 4 aliphatic rings. The molecule has 15 heteroatoms. The third kappa shape index (κ3) is 6.83. The van der Waals surface area contributed by atoms with Crippen LogP contribution in [0.25, 0.3) is 11.0 Å². The molecule has 2 N–H and O–H groups in total. The van der Waals surface area contributed by atoms with E-state index in [0.29, 0.717) is 79.5 Å². The number of carbonyl (C=O) groups is 5. The van der Waals surface area contributed by atoms with E-state index < -0.39 is 11.9 Å². The van der Waals surface area contributed by atoms with Gasteiger partial charge in [-0.25, -0.2) is 9.97 Å². The Morgan fingerprint density at radius 2 is 1.73 bits per heavy atom. The van der Waals surface area contributed by atoms with E-state index in [1.165, 1.54) is 11.8 Å². The van der Waals surface area contributed by atoms with Crippen LogP contribution in [-0.2, 0) is 27.3 Å². The summed E-state index contributed by atoms with van der Waals surface area (Å²) in [6.07, 6.45) is 8.37. The van der Waals surface area contributed by atoms with E-state index in [9.17, 15) is 28.8 Å². The zero-order chi connectivity index (χ0) is 38.4. The zero-order valence-corrected chi connectivity index (χ0v) is 31.0. The first-order chi connectivity index (χ1) is 26.6. The molecule has 1 saturated carbocycles. The number of imide groups is 1. The van der Waals surface area contributed by atoms with Crippen LogP contribution in [0.15, 0.2) is 47.5 Å². The molecule has 0 bridgehead atoms. The second-order valence-electron chi connectivity index (χ2n) is 14.8. The topological polar surface area (TPSA) is 180 Å². The summed E-state index contributed by atoms with van der Waals surface area (Å²) in [5.41, 5.74) is 4.10. The fourth-order valence-corrected chi connectivity index (χ4v) is 8.58. The molecule has 1 atom stereocenters. The van der Waals surface area contributed by atoms with Crippen LogP contribution in [0.4, 0.5) is 17.5 Å². The first kappa shape index (κ1) is 36.0. The Morgan fingerprint density at radius 1 is 0.945 bits per heavy atom. The molecule has 1 aliphatic carbocycles. The van der Waals surface area contributed by atoms with Crippen molar-refractivity contribution < 1.29 is 24.0 Å². The average Bonchev–Trinajstić information content (AvgIpc) is 3.82. The Labute approximate surface area is 317 Å². The predicted molar refractivity (Wildman–Crippen MR) is 203 cm³/mol.